The fourth-order valence-electron chi connectivity index (χ4n) is 4.29. The van der Waals surface area contributed by atoms with Gasteiger partial charge < -0.3 is 0 Å². The topological polar surface area (TPSA) is 111 Å². The Bertz CT molecular complexity index is 726. The molecule has 1 spiro atoms. The average molecular weight is 360 g/mol. The quantitative estimate of drug-likeness (QED) is 0.587. The van der Waals surface area contributed by atoms with Crippen LogP contribution in [0.3, 0.4) is 0 Å². The molecule has 2 fully saturated rings. The second-order valence-corrected chi connectivity index (χ2v) is 7.29. The molecule has 2 aliphatic carbocycles. The van der Waals surface area contributed by atoms with E-state index in [9.17, 15) is 20.2 Å². The predicted octanol–water partition coefficient (Wildman–Crippen LogP) is 5.19. The van der Waals surface area contributed by atoms with Gasteiger partial charge in [-0.05, 0) is 38.2 Å². The molecule has 0 aromatic heterocycles. The fourth-order valence-corrected chi connectivity index (χ4v) is 4.29. The lowest BCUT2D eigenvalue weighted by Gasteiger charge is -2.37. The van der Waals surface area contributed by atoms with Crippen LogP contribution in [0.2, 0.25) is 0 Å². The largest absolute Gasteiger partial charge is 0.301 e. The number of benzene rings is 1. The number of non-ortho nitro benzene ring substituents is 1. The van der Waals surface area contributed by atoms with Gasteiger partial charge in [-0.25, -0.2) is 0 Å². The van der Waals surface area contributed by atoms with Crippen LogP contribution in [-0.4, -0.2) is 15.6 Å². The summed E-state index contributed by atoms with van der Waals surface area (Å²) in [5, 5.41) is 26.8. The molecular formula is C18H24N4O4. The average Bonchev–Trinajstić information content (AvgIpc) is 2.82. The van der Waals surface area contributed by atoms with Gasteiger partial charge in [-0.2, -0.15) is 5.10 Å². The maximum atomic E-state index is 11.3. The lowest BCUT2D eigenvalue weighted by molar-refractivity contribution is -0.393. The number of nitrogens with one attached hydrogen (secondary N) is 1. The first-order valence-corrected chi connectivity index (χ1v) is 9.28. The predicted molar refractivity (Wildman–Crippen MR) is 99.4 cm³/mol. The summed E-state index contributed by atoms with van der Waals surface area (Å²) in [6, 6.07) is 3.61. The van der Waals surface area contributed by atoms with Crippen molar-refractivity contribution < 1.29 is 9.85 Å². The molecule has 0 unspecified atom stereocenters. The summed E-state index contributed by atoms with van der Waals surface area (Å²) in [6.45, 7) is 0. The number of nitro benzene ring substituents is 2. The number of rotatable bonds is 4. The Morgan fingerprint density at radius 2 is 1.58 bits per heavy atom. The van der Waals surface area contributed by atoms with Gasteiger partial charge in [-0.1, -0.05) is 32.1 Å². The molecule has 1 aromatic carbocycles. The van der Waals surface area contributed by atoms with Crippen molar-refractivity contribution >= 4 is 22.8 Å². The number of hydrogen-bond donors (Lipinski definition) is 1. The van der Waals surface area contributed by atoms with E-state index in [0.717, 1.165) is 43.9 Å². The highest BCUT2D eigenvalue weighted by atomic mass is 16.6. The van der Waals surface area contributed by atoms with E-state index in [0.29, 0.717) is 0 Å². The standard InChI is InChI=1S/C18H24N4O4/c23-21(24)14-8-9-15(16(13-14)22(25)26)19-20-17-7-3-1-4-10-18(17)11-5-2-6-12-18/h8-9,13,19H,1-7,10-12H2/b20-17+. The minimum Gasteiger partial charge on any atom is -0.272 e. The summed E-state index contributed by atoms with van der Waals surface area (Å²) in [5.74, 6) is 0. The normalized spacial score (nSPS) is 21.3. The first-order chi connectivity index (χ1) is 12.5. The van der Waals surface area contributed by atoms with Gasteiger partial charge in [-0.15, -0.1) is 0 Å². The number of hydrazone groups is 1. The van der Waals surface area contributed by atoms with E-state index in [1.54, 1.807) is 0 Å². The minimum atomic E-state index is -0.634. The molecule has 3 rings (SSSR count). The number of nitro groups is 2. The highest BCUT2D eigenvalue weighted by Crippen LogP contribution is 2.45. The third kappa shape index (κ3) is 3.84. The van der Waals surface area contributed by atoms with E-state index < -0.39 is 9.85 Å². The molecule has 140 valence electrons. The van der Waals surface area contributed by atoms with Crippen LogP contribution >= 0.6 is 0 Å². The van der Waals surface area contributed by atoms with Crippen molar-refractivity contribution in [3.63, 3.8) is 0 Å². The summed E-state index contributed by atoms with van der Waals surface area (Å²) >= 11 is 0. The summed E-state index contributed by atoms with van der Waals surface area (Å²) in [7, 11) is 0. The maximum Gasteiger partial charge on any atom is 0.301 e. The van der Waals surface area contributed by atoms with Crippen molar-refractivity contribution in [1.29, 1.82) is 0 Å². The molecular weight excluding hydrogens is 336 g/mol. The molecule has 0 amide bonds. The second kappa shape index (κ2) is 7.80. The van der Waals surface area contributed by atoms with Crippen LogP contribution in [0.25, 0.3) is 0 Å². The molecule has 0 aliphatic heterocycles. The minimum absolute atomic E-state index is 0.122. The van der Waals surface area contributed by atoms with E-state index in [2.05, 4.69) is 10.5 Å². The molecule has 26 heavy (non-hydrogen) atoms. The Morgan fingerprint density at radius 1 is 0.923 bits per heavy atom. The molecule has 1 aromatic rings. The highest BCUT2D eigenvalue weighted by Gasteiger charge is 2.37. The summed E-state index contributed by atoms with van der Waals surface area (Å²) in [6.07, 6.45) is 11.5. The van der Waals surface area contributed by atoms with Gasteiger partial charge in [0.05, 0.1) is 15.9 Å². The van der Waals surface area contributed by atoms with Gasteiger partial charge in [-0.3, -0.25) is 25.7 Å². The maximum absolute atomic E-state index is 11.3. The zero-order chi connectivity index (χ0) is 18.6. The van der Waals surface area contributed by atoms with E-state index in [-0.39, 0.29) is 22.5 Å². The van der Waals surface area contributed by atoms with Crippen molar-refractivity contribution in [3.05, 3.63) is 38.4 Å². The van der Waals surface area contributed by atoms with Crippen molar-refractivity contribution in [2.75, 3.05) is 5.43 Å². The SMILES string of the molecule is O=[N+]([O-])c1ccc(N/N=C2\CCCCCC23CCCCC3)c([N+](=O)[O-])c1. The summed E-state index contributed by atoms with van der Waals surface area (Å²) in [4.78, 5) is 20.9. The fraction of sp³-hybridized carbons (Fsp3) is 0.611. The Labute approximate surface area is 152 Å². The van der Waals surface area contributed by atoms with Crippen LogP contribution in [0.15, 0.2) is 23.3 Å². The second-order valence-electron chi connectivity index (χ2n) is 7.29. The van der Waals surface area contributed by atoms with E-state index >= 15 is 0 Å². The van der Waals surface area contributed by atoms with Gasteiger partial charge in [0.1, 0.15) is 5.69 Å². The van der Waals surface area contributed by atoms with Crippen LogP contribution < -0.4 is 5.43 Å². The van der Waals surface area contributed by atoms with Crippen molar-refractivity contribution in [1.82, 2.24) is 0 Å². The Morgan fingerprint density at radius 3 is 2.19 bits per heavy atom. The Kier molecular flexibility index (Phi) is 5.49. The molecule has 0 bridgehead atoms. The van der Waals surface area contributed by atoms with E-state index in [1.807, 2.05) is 0 Å². The van der Waals surface area contributed by atoms with Crippen molar-refractivity contribution in [2.45, 2.75) is 64.2 Å². The Balaban J connectivity index is 1.89. The number of hydrogen-bond acceptors (Lipinski definition) is 6. The van der Waals surface area contributed by atoms with Crippen LogP contribution in [0.1, 0.15) is 64.2 Å². The summed E-state index contributed by atoms with van der Waals surface area (Å²) < 4.78 is 0. The number of nitrogens with zero attached hydrogens (tertiary/aromatic N) is 3. The van der Waals surface area contributed by atoms with Crippen molar-refractivity contribution in [3.8, 4) is 0 Å². The molecule has 8 heteroatoms. The van der Waals surface area contributed by atoms with Gasteiger partial charge in [0.25, 0.3) is 5.69 Å². The molecule has 2 aliphatic rings. The lowest BCUT2D eigenvalue weighted by atomic mass is 9.68. The van der Waals surface area contributed by atoms with Gasteiger partial charge >= 0.3 is 5.69 Å². The highest BCUT2D eigenvalue weighted by molar-refractivity contribution is 5.91. The lowest BCUT2D eigenvalue weighted by Crippen LogP contribution is -2.33. The van der Waals surface area contributed by atoms with E-state index in [1.165, 1.54) is 44.2 Å². The smallest absolute Gasteiger partial charge is 0.272 e. The zero-order valence-electron chi connectivity index (χ0n) is 14.8. The summed E-state index contributed by atoms with van der Waals surface area (Å²) in [5.41, 5.74) is 3.66. The third-order valence-corrected chi connectivity index (χ3v) is 5.69. The molecule has 2 saturated carbocycles. The van der Waals surface area contributed by atoms with Crippen LogP contribution in [0, 0.1) is 25.6 Å². The van der Waals surface area contributed by atoms with E-state index in [4.69, 9.17) is 0 Å². The zero-order valence-corrected chi connectivity index (χ0v) is 14.8. The monoisotopic (exact) mass is 360 g/mol. The first kappa shape index (κ1) is 18.3. The van der Waals surface area contributed by atoms with Gasteiger partial charge in [0.2, 0.25) is 0 Å². The molecule has 8 nitrogen and oxygen atoms in total. The van der Waals surface area contributed by atoms with Crippen LogP contribution in [-0.2, 0) is 0 Å². The van der Waals surface area contributed by atoms with Gasteiger partial charge in [0, 0.05) is 17.2 Å². The molecule has 0 radical (unpaired) electrons. The molecule has 0 atom stereocenters. The van der Waals surface area contributed by atoms with Crippen molar-refractivity contribution in [2.24, 2.45) is 10.5 Å². The molecule has 0 heterocycles. The Hall–Kier alpha value is -2.51. The first-order valence-electron chi connectivity index (χ1n) is 9.28. The number of anilines is 1. The molecule has 0 saturated heterocycles. The van der Waals surface area contributed by atoms with Crippen LogP contribution in [0.4, 0.5) is 17.1 Å². The van der Waals surface area contributed by atoms with Gasteiger partial charge in [0.15, 0.2) is 0 Å². The third-order valence-electron chi connectivity index (χ3n) is 5.69. The molecule has 1 N–H and O–H groups in total. The van der Waals surface area contributed by atoms with Crippen LogP contribution in [0.5, 0.6) is 0 Å².